The fourth-order valence-electron chi connectivity index (χ4n) is 1.54. The summed E-state index contributed by atoms with van der Waals surface area (Å²) in [6, 6.07) is 11.2. The van der Waals surface area contributed by atoms with Gasteiger partial charge in [0.1, 0.15) is 0 Å². The Kier molecular flexibility index (Phi) is 3.10. The third kappa shape index (κ3) is 2.64. The van der Waals surface area contributed by atoms with E-state index in [0.717, 1.165) is 11.3 Å². The van der Waals surface area contributed by atoms with Crippen molar-refractivity contribution in [2.24, 2.45) is 7.05 Å². The molecule has 0 spiro atoms. The normalized spacial score (nSPS) is 10.9. The maximum Gasteiger partial charge on any atom is 0.223 e. The van der Waals surface area contributed by atoms with Crippen LogP contribution in [-0.4, -0.2) is 9.67 Å². The number of aromatic hydroxyl groups is 1. The SMILES string of the molecule is Cn1cc(O)c(=O)cc1/C=C/c1ccccc1. The molecule has 0 unspecified atom stereocenters. The Bertz CT molecular complexity index is 597. The molecule has 0 radical (unpaired) electrons. The number of rotatable bonds is 2. The van der Waals surface area contributed by atoms with Crippen LogP contribution in [0.3, 0.4) is 0 Å². The van der Waals surface area contributed by atoms with Gasteiger partial charge < -0.3 is 9.67 Å². The molecule has 17 heavy (non-hydrogen) atoms. The van der Waals surface area contributed by atoms with Crippen LogP contribution in [0.15, 0.2) is 47.4 Å². The van der Waals surface area contributed by atoms with Crippen LogP contribution >= 0.6 is 0 Å². The van der Waals surface area contributed by atoms with E-state index in [2.05, 4.69) is 0 Å². The summed E-state index contributed by atoms with van der Waals surface area (Å²) < 4.78 is 1.70. The molecule has 3 nitrogen and oxygen atoms in total. The van der Waals surface area contributed by atoms with Gasteiger partial charge in [-0.25, -0.2) is 0 Å². The molecule has 0 aliphatic carbocycles. The molecule has 0 fully saturated rings. The van der Waals surface area contributed by atoms with Crippen molar-refractivity contribution in [2.75, 3.05) is 0 Å². The predicted molar refractivity (Wildman–Crippen MR) is 68.7 cm³/mol. The van der Waals surface area contributed by atoms with Crippen LogP contribution in [0.25, 0.3) is 12.2 Å². The van der Waals surface area contributed by atoms with Gasteiger partial charge in [0, 0.05) is 25.0 Å². The van der Waals surface area contributed by atoms with E-state index in [-0.39, 0.29) is 11.2 Å². The topological polar surface area (TPSA) is 42.2 Å². The van der Waals surface area contributed by atoms with Gasteiger partial charge in [-0.1, -0.05) is 36.4 Å². The summed E-state index contributed by atoms with van der Waals surface area (Å²) in [5.41, 5.74) is 1.44. The Balaban J connectivity index is 2.34. The summed E-state index contributed by atoms with van der Waals surface area (Å²) >= 11 is 0. The number of aromatic nitrogens is 1. The summed E-state index contributed by atoms with van der Waals surface area (Å²) in [4.78, 5) is 11.3. The van der Waals surface area contributed by atoms with Gasteiger partial charge in [-0.15, -0.1) is 0 Å². The van der Waals surface area contributed by atoms with Crippen molar-refractivity contribution in [3.05, 3.63) is 64.1 Å². The number of pyridine rings is 1. The van der Waals surface area contributed by atoms with Crippen LogP contribution in [0.2, 0.25) is 0 Å². The average Bonchev–Trinajstić information content (AvgIpc) is 2.33. The Morgan fingerprint density at radius 3 is 2.59 bits per heavy atom. The second-order valence-corrected chi connectivity index (χ2v) is 3.80. The van der Waals surface area contributed by atoms with Crippen molar-refractivity contribution in [3.63, 3.8) is 0 Å². The van der Waals surface area contributed by atoms with Crippen molar-refractivity contribution < 1.29 is 5.11 Å². The second-order valence-electron chi connectivity index (χ2n) is 3.80. The van der Waals surface area contributed by atoms with Crippen LogP contribution in [0.4, 0.5) is 0 Å². The van der Waals surface area contributed by atoms with Crippen LogP contribution in [0.1, 0.15) is 11.3 Å². The standard InChI is InChI=1S/C14H13NO2/c1-15-10-14(17)13(16)9-12(15)8-7-11-5-3-2-4-6-11/h2-10,17H,1H3/b8-7+. The summed E-state index contributed by atoms with van der Waals surface area (Å²) in [7, 11) is 1.78. The minimum absolute atomic E-state index is 0.232. The highest BCUT2D eigenvalue weighted by molar-refractivity contribution is 5.68. The molecule has 1 heterocycles. The Hall–Kier alpha value is -2.29. The zero-order valence-electron chi connectivity index (χ0n) is 9.50. The third-order valence-electron chi connectivity index (χ3n) is 2.50. The lowest BCUT2D eigenvalue weighted by atomic mass is 10.2. The highest BCUT2D eigenvalue weighted by atomic mass is 16.3. The Morgan fingerprint density at radius 2 is 1.88 bits per heavy atom. The third-order valence-corrected chi connectivity index (χ3v) is 2.50. The second kappa shape index (κ2) is 4.70. The van der Waals surface area contributed by atoms with E-state index in [1.807, 2.05) is 42.5 Å². The van der Waals surface area contributed by atoms with Gasteiger partial charge in [0.2, 0.25) is 5.43 Å². The first-order valence-electron chi connectivity index (χ1n) is 5.29. The van der Waals surface area contributed by atoms with Crippen LogP contribution in [0, 0.1) is 0 Å². The largest absolute Gasteiger partial charge is 0.503 e. The first-order valence-corrected chi connectivity index (χ1v) is 5.29. The smallest absolute Gasteiger partial charge is 0.223 e. The quantitative estimate of drug-likeness (QED) is 0.855. The van der Waals surface area contributed by atoms with E-state index in [1.54, 1.807) is 11.6 Å². The lowest BCUT2D eigenvalue weighted by molar-refractivity contribution is 0.463. The van der Waals surface area contributed by atoms with Crippen molar-refractivity contribution >= 4 is 12.2 Å². The van der Waals surface area contributed by atoms with Crippen molar-refractivity contribution in [1.29, 1.82) is 0 Å². The summed E-state index contributed by atoms with van der Waals surface area (Å²) in [5.74, 6) is -0.232. The lowest BCUT2D eigenvalue weighted by Gasteiger charge is -2.04. The van der Waals surface area contributed by atoms with E-state index < -0.39 is 0 Å². The van der Waals surface area contributed by atoms with Gasteiger partial charge in [-0.2, -0.15) is 0 Å². The first kappa shape index (κ1) is 11.2. The van der Waals surface area contributed by atoms with E-state index >= 15 is 0 Å². The van der Waals surface area contributed by atoms with Gasteiger partial charge >= 0.3 is 0 Å². The summed E-state index contributed by atoms with van der Waals surface area (Å²) in [6.45, 7) is 0. The molecule has 3 heteroatoms. The number of aryl methyl sites for hydroxylation is 1. The molecule has 0 bridgehead atoms. The van der Waals surface area contributed by atoms with Gasteiger partial charge in [0.15, 0.2) is 5.75 Å². The van der Waals surface area contributed by atoms with Crippen molar-refractivity contribution in [1.82, 2.24) is 4.57 Å². The number of nitrogens with zero attached hydrogens (tertiary/aromatic N) is 1. The van der Waals surface area contributed by atoms with Gasteiger partial charge in [0.05, 0.1) is 0 Å². The van der Waals surface area contributed by atoms with E-state index in [1.165, 1.54) is 12.3 Å². The van der Waals surface area contributed by atoms with E-state index in [4.69, 9.17) is 0 Å². The summed E-state index contributed by atoms with van der Waals surface area (Å²) in [6.07, 6.45) is 5.18. The molecule has 86 valence electrons. The highest BCUT2D eigenvalue weighted by Crippen LogP contribution is 2.08. The molecule has 0 aliphatic heterocycles. The zero-order valence-corrected chi connectivity index (χ0v) is 9.50. The van der Waals surface area contributed by atoms with Gasteiger partial charge in [0.25, 0.3) is 0 Å². The minimum Gasteiger partial charge on any atom is -0.503 e. The molecule has 1 aromatic carbocycles. The molecule has 0 saturated heterocycles. The average molecular weight is 227 g/mol. The van der Waals surface area contributed by atoms with Crippen LogP contribution in [-0.2, 0) is 7.05 Å². The van der Waals surface area contributed by atoms with Crippen LogP contribution in [0.5, 0.6) is 5.75 Å². The molecule has 1 N–H and O–H groups in total. The monoisotopic (exact) mass is 227 g/mol. The minimum atomic E-state index is -0.365. The molecule has 2 rings (SSSR count). The summed E-state index contributed by atoms with van der Waals surface area (Å²) in [5, 5.41) is 9.25. The molecule has 0 atom stereocenters. The molecule has 1 aromatic heterocycles. The van der Waals surface area contributed by atoms with Gasteiger partial charge in [-0.3, -0.25) is 4.79 Å². The molecular formula is C14H13NO2. The van der Waals surface area contributed by atoms with Crippen LogP contribution < -0.4 is 5.43 Å². The molecule has 0 saturated carbocycles. The Morgan fingerprint density at radius 1 is 1.18 bits per heavy atom. The fraction of sp³-hybridized carbons (Fsp3) is 0.0714. The number of hydrogen-bond donors (Lipinski definition) is 1. The first-order chi connectivity index (χ1) is 8.16. The van der Waals surface area contributed by atoms with Crippen molar-refractivity contribution in [2.45, 2.75) is 0 Å². The maximum atomic E-state index is 11.3. The number of benzene rings is 1. The molecule has 0 aliphatic rings. The lowest BCUT2D eigenvalue weighted by Crippen LogP contribution is -2.06. The Labute approximate surface area is 99.3 Å². The zero-order chi connectivity index (χ0) is 12.3. The highest BCUT2D eigenvalue weighted by Gasteiger charge is 1.99. The van der Waals surface area contributed by atoms with E-state index in [9.17, 15) is 9.90 Å². The predicted octanol–water partition coefficient (Wildman–Crippen LogP) is 2.26. The molecule has 2 aromatic rings. The fourth-order valence-corrected chi connectivity index (χ4v) is 1.54. The maximum absolute atomic E-state index is 11.3. The van der Waals surface area contributed by atoms with E-state index in [0.29, 0.717) is 0 Å². The molecule has 0 amide bonds. The number of hydrogen-bond acceptors (Lipinski definition) is 2. The molecular weight excluding hydrogens is 214 g/mol. The van der Waals surface area contributed by atoms with Crippen molar-refractivity contribution in [3.8, 4) is 5.75 Å². The van der Waals surface area contributed by atoms with Gasteiger partial charge in [-0.05, 0) is 11.6 Å².